The molecule has 0 fully saturated rings. The molecule has 1 aromatic carbocycles. The molecule has 0 aliphatic rings. The SMILES string of the molecule is Cc1cccc(C(=O)NCCCCC(NC(=O)CNC(=O)C(CCC(=O)O)NC(=O)CNC(=O)CCCCC(N)=O)C(=O)O)c1. The van der Waals surface area contributed by atoms with Gasteiger partial charge in [0.1, 0.15) is 12.1 Å². The van der Waals surface area contributed by atoms with Crippen molar-refractivity contribution >= 4 is 47.4 Å². The van der Waals surface area contributed by atoms with Gasteiger partial charge in [-0.15, -0.1) is 0 Å². The van der Waals surface area contributed by atoms with Gasteiger partial charge < -0.3 is 42.5 Å². The Morgan fingerprint density at radius 3 is 2.00 bits per heavy atom. The zero-order chi connectivity index (χ0) is 33.8. The number of rotatable bonds is 22. The lowest BCUT2D eigenvalue weighted by Gasteiger charge is -2.19. The number of carbonyl (C=O) groups is 8. The van der Waals surface area contributed by atoms with Crippen LogP contribution < -0.4 is 32.3 Å². The molecule has 0 spiro atoms. The molecule has 16 nitrogen and oxygen atoms in total. The minimum Gasteiger partial charge on any atom is -0.481 e. The molecule has 0 saturated heterocycles. The van der Waals surface area contributed by atoms with Crippen molar-refractivity contribution in [3.8, 4) is 0 Å². The molecule has 0 radical (unpaired) electrons. The molecule has 9 N–H and O–H groups in total. The number of hydrogen-bond donors (Lipinski definition) is 8. The summed E-state index contributed by atoms with van der Waals surface area (Å²) in [5, 5.41) is 30.4. The van der Waals surface area contributed by atoms with Crippen LogP contribution in [0, 0.1) is 6.92 Å². The molecule has 2 unspecified atom stereocenters. The van der Waals surface area contributed by atoms with Crippen LogP contribution in [0.4, 0.5) is 0 Å². The predicted octanol–water partition coefficient (Wildman–Crippen LogP) is -0.908. The Bertz CT molecular complexity index is 1220. The van der Waals surface area contributed by atoms with Gasteiger partial charge in [-0.25, -0.2) is 4.79 Å². The van der Waals surface area contributed by atoms with E-state index in [0.29, 0.717) is 37.8 Å². The molecular weight excluding hydrogens is 592 g/mol. The molecule has 1 aromatic rings. The van der Waals surface area contributed by atoms with Crippen LogP contribution in [0.2, 0.25) is 0 Å². The van der Waals surface area contributed by atoms with Gasteiger partial charge in [0, 0.05) is 31.4 Å². The summed E-state index contributed by atoms with van der Waals surface area (Å²) in [6.45, 7) is 1.02. The van der Waals surface area contributed by atoms with Crippen molar-refractivity contribution in [3.05, 3.63) is 35.4 Å². The fraction of sp³-hybridized carbons (Fsp3) is 0.517. The smallest absolute Gasteiger partial charge is 0.326 e. The average Bonchev–Trinajstić information content (AvgIpc) is 2.97. The Balaban J connectivity index is 2.49. The number of unbranched alkanes of at least 4 members (excludes halogenated alkanes) is 2. The summed E-state index contributed by atoms with van der Waals surface area (Å²) in [6, 6.07) is 4.44. The van der Waals surface area contributed by atoms with E-state index in [2.05, 4.69) is 26.6 Å². The fourth-order valence-corrected chi connectivity index (χ4v) is 3.99. The quantitative estimate of drug-likeness (QED) is 0.0728. The number of amides is 6. The van der Waals surface area contributed by atoms with Crippen molar-refractivity contribution in [2.45, 2.75) is 76.8 Å². The molecule has 2 atom stereocenters. The normalized spacial score (nSPS) is 11.8. The van der Waals surface area contributed by atoms with Gasteiger partial charge in [0.15, 0.2) is 0 Å². The first-order valence-corrected chi connectivity index (χ1v) is 14.5. The Hall–Kier alpha value is -5.02. The average molecular weight is 635 g/mol. The fourth-order valence-electron chi connectivity index (χ4n) is 3.99. The van der Waals surface area contributed by atoms with Crippen molar-refractivity contribution < 1.29 is 48.6 Å². The molecule has 0 aliphatic carbocycles. The summed E-state index contributed by atoms with van der Waals surface area (Å²) in [7, 11) is 0. The molecule has 0 bridgehead atoms. The number of primary amides is 1. The van der Waals surface area contributed by atoms with E-state index >= 15 is 0 Å². The minimum atomic E-state index is -1.35. The van der Waals surface area contributed by atoms with Crippen LogP contribution >= 0.6 is 0 Å². The van der Waals surface area contributed by atoms with E-state index < -0.39 is 73.1 Å². The number of hydrogen-bond acceptors (Lipinski definition) is 8. The number of aliphatic carboxylic acids is 2. The lowest BCUT2D eigenvalue weighted by molar-refractivity contribution is -0.142. The number of carboxylic acid groups (broad SMARTS) is 2. The Morgan fingerprint density at radius 2 is 1.38 bits per heavy atom. The second-order valence-corrected chi connectivity index (χ2v) is 10.3. The maximum atomic E-state index is 12.6. The molecule has 45 heavy (non-hydrogen) atoms. The maximum absolute atomic E-state index is 12.6. The highest BCUT2D eigenvalue weighted by Gasteiger charge is 2.24. The molecule has 16 heteroatoms. The second-order valence-electron chi connectivity index (χ2n) is 10.3. The van der Waals surface area contributed by atoms with E-state index in [1.165, 1.54) is 0 Å². The number of aryl methyl sites for hydroxylation is 1. The van der Waals surface area contributed by atoms with Crippen LogP contribution in [-0.4, -0.2) is 89.3 Å². The van der Waals surface area contributed by atoms with Crippen molar-refractivity contribution in [2.24, 2.45) is 5.73 Å². The Labute approximate surface area is 260 Å². The van der Waals surface area contributed by atoms with Gasteiger partial charge in [0.25, 0.3) is 5.91 Å². The molecule has 6 amide bonds. The lowest BCUT2D eigenvalue weighted by atomic mass is 10.1. The van der Waals surface area contributed by atoms with E-state index in [1.54, 1.807) is 18.2 Å². The van der Waals surface area contributed by atoms with Gasteiger partial charge >= 0.3 is 11.9 Å². The monoisotopic (exact) mass is 634 g/mol. The van der Waals surface area contributed by atoms with Gasteiger partial charge in [-0.1, -0.05) is 17.7 Å². The summed E-state index contributed by atoms with van der Waals surface area (Å²) < 4.78 is 0. The first-order valence-electron chi connectivity index (χ1n) is 14.5. The Morgan fingerprint density at radius 1 is 0.733 bits per heavy atom. The van der Waals surface area contributed by atoms with Gasteiger partial charge in [-0.05, 0) is 57.6 Å². The first-order chi connectivity index (χ1) is 21.3. The first kappa shape index (κ1) is 38.0. The summed E-state index contributed by atoms with van der Waals surface area (Å²) in [5.41, 5.74) is 6.47. The lowest BCUT2D eigenvalue weighted by Crippen LogP contribution is -2.52. The molecule has 0 aromatic heterocycles. The third-order valence-corrected chi connectivity index (χ3v) is 6.36. The molecule has 248 valence electrons. The third kappa shape index (κ3) is 17.6. The third-order valence-electron chi connectivity index (χ3n) is 6.36. The number of nitrogens with one attached hydrogen (secondary N) is 5. The number of carboxylic acids is 2. The molecule has 1 rings (SSSR count). The summed E-state index contributed by atoms with van der Waals surface area (Å²) >= 11 is 0. The van der Waals surface area contributed by atoms with E-state index in [4.69, 9.17) is 10.8 Å². The van der Waals surface area contributed by atoms with Crippen molar-refractivity contribution in [1.82, 2.24) is 26.6 Å². The predicted molar refractivity (Wildman–Crippen MR) is 159 cm³/mol. The number of nitrogens with two attached hydrogens (primary N) is 1. The second kappa shape index (κ2) is 20.8. The van der Waals surface area contributed by atoms with E-state index in [-0.39, 0.29) is 31.6 Å². The Kier molecular flexibility index (Phi) is 17.6. The van der Waals surface area contributed by atoms with Gasteiger partial charge in [-0.3, -0.25) is 33.6 Å². The van der Waals surface area contributed by atoms with Crippen LogP contribution in [0.15, 0.2) is 24.3 Å². The van der Waals surface area contributed by atoms with E-state index in [1.807, 2.05) is 13.0 Å². The summed E-state index contributed by atoms with van der Waals surface area (Å²) in [4.78, 5) is 94.7. The van der Waals surface area contributed by atoms with Crippen LogP contribution in [-0.2, 0) is 33.6 Å². The molecule has 0 aliphatic heterocycles. The van der Waals surface area contributed by atoms with Gasteiger partial charge in [0.2, 0.25) is 29.5 Å². The molecular formula is C29H42N6O10. The molecule has 0 saturated carbocycles. The summed E-state index contributed by atoms with van der Waals surface area (Å²) in [5.74, 6) is -6.23. The largest absolute Gasteiger partial charge is 0.481 e. The van der Waals surface area contributed by atoms with Crippen LogP contribution in [0.5, 0.6) is 0 Å². The highest BCUT2D eigenvalue weighted by molar-refractivity contribution is 5.94. The van der Waals surface area contributed by atoms with Crippen molar-refractivity contribution in [3.63, 3.8) is 0 Å². The highest BCUT2D eigenvalue weighted by atomic mass is 16.4. The maximum Gasteiger partial charge on any atom is 0.326 e. The topological polar surface area (TPSA) is 263 Å². The van der Waals surface area contributed by atoms with Crippen LogP contribution in [0.1, 0.15) is 73.7 Å². The van der Waals surface area contributed by atoms with Crippen LogP contribution in [0.25, 0.3) is 0 Å². The molecule has 0 heterocycles. The van der Waals surface area contributed by atoms with E-state index in [9.17, 15) is 43.5 Å². The highest BCUT2D eigenvalue weighted by Crippen LogP contribution is 2.05. The van der Waals surface area contributed by atoms with Gasteiger partial charge in [-0.2, -0.15) is 0 Å². The zero-order valence-corrected chi connectivity index (χ0v) is 25.2. The minimum absolute atomic E-state index is 0.0422. The summed E-state index contributed by atoms with van der Waals surface area (Å²) in [6.07, 6.45) is 1.03. The van der Waals surface area contributed by atoms with Crippen molar-refractivity contribution in [1.29, 1.82) is 0 Å². The van der Waals surface area contributed by atoms with E-state index in [0.717, 1.165) is 5.56 Å². The van der Waals surface area contributed by atoms with Crippen molar-refractivity contribution in [2.75, 3.05) is 19.6 Å². The van der Waals surface area contributed by atoms with Gasteiger partial charge in [0.05, 0.1) is 13.1 Å². The van der Waals surface area contributed by atoms with Crippen LogP contribution in [0.3, 0.4) is 0 Å². The number of carbonyl (C=O) groups excluding carboxylic acids is 6. The standard InChI is InChI=1S/C29H42N6O10/c1-18-7-6-8-19(15-18)27(42)31-14-5-4-9-21(29(44)45)35-25(39)17-33-28(43)20(12-13-26(40)41)34-24(38)16-32-23(37)11-3-2-10-22(30)36/h6-8,15,20-21H,2-5,9-14,16-17H2,1H3,(H2,30,36)(H,31,42)(H,32,37)(H,33,43)(H,34,38)(H,35,39)(H,40,41)(H,44,45). The number of benzene rings is 1. The zero-order valence-electron chi connectivity index (χ0n) is 25.2.